The molecule has 2 aromatic carbocycles. The second-order valence-corrected chi connectivity index (χ2v) is 12.2. The van der Waals surface area contributed by atoms with Gasteiger partial charge in [-0.3, -0.25) is 9.88 Å². The molecule has 0 unspecified atom stereocenters. The molecular weight excluding hydrogens is 492 g/mol. The summed E-state index contributed by atoms with van der Waals surface area (Å²) in [4.78, 5) is 6.90. The monoisotopic (exact) mass is 530 g/mol. The number of rotatable bonds is 12. The average Bonchev–Trinajstić information content (AvgIpc) is 3.33. The van der Waals surface area contributed by atoms with Crippen molar-refractivity contribution in [3.63, 3.8) is 0 Å². The van der Waals surface area contributed by atoms with Gasteiger partial charge in [-0.05, 0) is 80.2 Å². The second kappa shape index (κ2) is 12.7. The van der Waals surface area contributed by atoms with E-state index in [1.165, 1.54) is 41.6 Å². The van der Waals surface area contributed by atoms with Crippen molar-refractivity contribution in [3.05, 3.63) is 96.4 Å². The van der Waals surface area contributed by atoms with Crippen molar-refractivity contribution in [2.24, 2.45) is 0 Å². The van der Waals surface area contributed by atoms with E-state index >= 15 is 0 Å². The number of nitrogens with zero attached hydrogens (tertiary/aromatic N) is 3. The molecule has 0 saturated heterocycles. The first-order valence-corrected chi connectivity index (χ1v) is 15.3. The molecule has 0 atom stereocenters. The van der Waals surface area contributed by atoms with Crippen molar-refractivity contribution in [2.75, 3.05) is 13.1 Å². The quantitative estimate of drug-likeness (QED) is 0.228. The summed E-state index contributed by atoms with van der Waals surface area (Å²) in [7, 11) is -3.69. The molecule has 6 nitrogen and oxygen atoms in total. The third-order valence-electron chi connectivity index (χ3n) is 7.55. The molecule has 5 rings (SSSR count). The van der Waals surface area contributed by atoms with Crippen molar-refractivity contribution < 1.29 is 8.42 Å². The van der Waals surface area contributed by atoms with E-state index in [1.54, 1.807) is 24.3 Å². The summed E-state index contributed by atoms with van der Waals surface area (Å²) in [5.41, 5.74) is 2.95. The number of hydrogen-bond donors (Lipinski definition) is 1. The number of pyridine rings is 1. The lowest BCUT2D eigenvalue weighted by molar-refractivity contribution is 0.250. The van der Waals surface area contributed by atoms with E-state index in [1.807, 2.05) is 48.9 Å². The number of para-hydroxylation sites is 1. The van der Waals surface area contributed by atoms with E-state index in [-0.39, 0.29) is 0 Å². The summed E-state index contributed by atoms with van der Waals surface area (Å²) < 4.78 is 28.5. The molecular formula is C31H38N4O2S. The molecule has 200 valence electrons. The molecule has 1 aliphatic rings. The highest BCUT2D eigenvalue weighted by Gasteiger charge is 2.22. The summed E-state index contributed by atoms with van der Waals surface area (Å²) >= 11 is 0. The van der Waals surface area contributed by atoms with Gasteiger partial charge in [0.2, 0.25) is 0 Å². The Morgan fingerprint density at radius 1 is 0.868 bits per heavy atom. The number of nitrogens with one attached hydrogen (secondary N) is 1. The number of unbranched alkanes of at least 4 members (excludes halogenated alkanes) is 1. The summed E-state index contributed by atoms with van der Waals surface area (Å²) in [5, 5.41) is 4.74. The molecule has 1 fully saturated rings. The molecule has 4 aromatic rings. The van der Waals surface area contributed by atoms with Crippen LogP contribution in [0.4, 0.5) is 0 Å². The number of aromatic nitrogens is 2. The van der Waals surface area contributed by atoms with Gasteiger partial charge in [-0.15, -0.1) is 0 Å². The number of hydrogen-bond acceptors (Lipinski definition) is 5. The summed E-state index contributed by atoms with van der Waals surface area (Å²) in [6.45, 7) is 3.47. The van der Waals surface area contributed by atoms with Crippen LogP contribution >= 0.6 is 0 Å². The molecule has 1 aliphatic carbocycles. The second-order valence-electron chi connectivity index (χ2n) is 10.3. The van der Waals surface area contributed by atoms with E-state index in [4.69, 9.17) is 0 Å². The predicted molar refractivity (Wildman–Crippen MR) is 153 cm³/mol. The largest absolute Gasteiger partial charge is 0.314 e. The maximum Gasteiger partial charge on any atom is 0.268 e. The predicted octanol–water partition coefficient (Wildman–Crippen LogP) is 5.98. The van der Waals surface area contributed by atoms with Gasteiger partial charge in [0.05, 0.1) is 10.4 Å². The lowest BCUT2D eigenvalue weighted by atomic mass is 9.95. The Balaban J connectivity index is 1.33. The summed E-state index contributed by atoms with van der Waals surface area (Å²) in [5.74, 6) is 0. The summed E-state index contributed by atoms with van der Waals surface area (Å²) in [6, 6.07) is 21.3. The Morgan fingerprint density at radius 2 is 1.61 bits per heavy atom. The molecule has 38 heavy (non-hydrogen) atoms. The third kappa shape index (κ3) is 6.52. The van der Waals surface area contributed by atoms with Gasteiger partial charge in [-0.2, -0.15) is 0 Å². The first-order valence-electron chi connectivity index (χ1n) is 13.9. The van der Waals surface area contributed by atoms with Crippen LogP contribution in [0.5, 0.6) is 0 Å². The van der Waals surface area contributed by atoms with Gasteiger partial charge < -0.3 is 5.32 Å². The van der Waals surface area contributed by atoms with E-state index in [9.17, 15) is 8.42 Å². The molecule has 2 aromatic heterocycles. The van der Waals surface area contributed by atoms with E-state index in [0.29, 0.717) is 23.0 Å². The lowest BCUT2D eigenvalue weighted by Crippen LogP contribution is -2.32. The molecule has 0 amide bonds. The Kier molecular flexibility index (Phi) is 8.89. The maximum atomic E-state index is 13.5. The van der Waals surface area contributed by atoms with Crippen molar-refractivity contribution in [3.8, 4) is 0 Å². The zero-order chi connectivity index (χ0) is 26.2. The minimum atomic E-state index is -3.69. The van der Waals surface area contributed by atoms with Crippen LogP contribution in [-0.2, 0) is 23.1 Å². The Hall–Kier alpha value is -3.00. The fourth-order valence-corrected chi connectivity index (χ4v) is 6.94. The van der Waals surface area contributed by atoms with Crippen LogP contribution in [0, 0.1) is 0 Å². The normalized spacial score (nSPS) is 14.9. The highest BCUT2D eigenvalue weighted by atomic mass is 32.2. The molecule has 1 saturated carbocycles. The fourth-order valence-electron chi connectivity index (χ4n) is 5.52. The van der Waals surface area contributed by atoms with Gasteiger partial charge in [-0.25, -0.2) is 12.4 Å². The average molecular weight is 531 g/mol. The van der Waals surface area contributed by atoms with Crippen LogP contribution in [0.3, 0.4) is 0 Å². The van der Waals surface area contributed by atoms with Crippen LogP contribution in [-0.4, -0.2) is 41.4 Å². The maximum absolute atomic E-state index is 13.5. The van der Waals surface area contributed by atoms with Gasteiger partial charge >= 0.3 is 0 Å². The van der Waals surface area contributed by atoms with Gasteiger partial charge in [0.15, 0.2) is 0 Å². The van der Waals surface area contributed by atoms with Gasteiger partial charge in [0.1, 0.15) is 0 Å². The zero-order valence-corrected chi connectivity index (χ0v) is 22.8. The lowest BCUT2D eigenvalue weighted by Gasteiger charge is -2.24. The third-order valence-corrected chi connectivity index (χ3v) is 9.24. The van der Waals surface area contributed by atoms with Gasteiger partial charge in [-0.1, -0.05) is 55.7 Å². The minimum Gasteiger partial charge on any atom is -0.314 e. The molecule has 0 bridgehead atoms. The molecule has 2 heterocycles. The molecule has 0 spiro atoms. The van der Waals surface area contributed by atoms with Crippen molar-refractivity contribution in [1.29, 1.82) is 0 Å². The van der Waals surface area contributed by atoms with Crippen LogP contribution in [0.25, 0.3) is 10.9 Å². The standard InChI is InChI=1S/C31H38N4O2S/c36-38(37,29-13-5-2-6-14-29)35-25-27(30-15-7-8-16-31(30)35)24-34(23-26-17-20-32-21-18-26)22-10-9-19-33-28-11-3-1-4-12-28/h2,5-8,13-18,20-21,25,28,33H,1,3-4,9-12,19,22-24H2. The minimum absolute atomic E-state index is 0.298. The van der Waals surface area contributed by atoms with Gasteiger partial charge in [0.25, 0.3) is 10.0 Å². The molecule has 0 aliphatic heterocycles. The fraction of sp³-hybridized carbons (Fsp3) is 0.387. The van der Waals surface area contributed by atoms with Crippen LogP contribution in [0.15, 0.2) is 90.2 Å². The molecule has 7 heteroatoms. The Labute approximate surface area is 226 Å². The van der Waals surface area contributed by atoms with Crippen LogP contribution in [0.2, 0.25) is 0 Å². The first-order chi connectivity index (χ1) is 18.6. The van der Waals surface area contributed by atoms with Crippen LogP contribution < -0.4 is 5.32 Å². The highest BCUT2D eigenvalue weighted by molar-refractivity contribution is 7.90. The molecule has 1 N–H and O–H groups in total. The number of benzene rings is 2. The Morgan fingerprint density at radius 3 is 2.39 bits per heavy atom. The van der Waals surface area contributed by atoms with E-state index in [0.717, 1.165) is 43.4 Å². The van der Waals surface area contributed by atoms with E-state index < -0.39 is 10.0 Å². The zero-order valence-electron chi connectivity index (χ0n) is 22.0. The van der Waals surface area contributed by atoms with Crippen molar-refractivity contribution in [2.45, 2.75) is 69.0 Å². The number of fused-ring (bicyclic) bond motifs is 1. The highest BCUT2D eigenvalue weighted by Crippen LogP contribution is 2.27. The van der Waals surface area contributed by atoms with Crippen molar-refractivity contribution in [1.82, 2.24) is 19.2 Å². The topological polar surface area (TPSA) is 67.2 Å². The van der Waals surface area contributed by atoms with Crippen LogP contribution in [0.1, 0.15) is 56.1 Å². The van der Waals surface area contributed by atoms with E-state index in [2.05, 4.69) is 27.3 Å². The Bertz CT molecular complexity index is 1400. The first kappa shape index (κ1) is 26.6. The SMILES string of the molecule is O=S(=O)(c1ccccc1)n1cc(CN(CCCCNC2CCCCC2)Cc2ccncc2)c2ccccc21. The van der Waals surface area contributed by atoms with Crippen molar-refractivity contribution >= 4 is 20.9 Å². The summed E-state index contributed by atoms with van der Waals surface area (Å²) in [6.07, 6.45) is 14.4. The molecule has 0 radical (unpaired) electrons. The smallest absolute Gasteiger partial charge is 0.268 e. The van der Waals surface area contributed by atoms with Gasteiger partial charge in [0, 0.05) is 43.1 Å².